The molecule has 2 amide bonds. The van der Waals surface area contributed by atoms with Crippen molar-refractivity contribution in [1.82, 2.24) is 20.4 Å². The van der Waals surface area contributed by atoms with E-state index in [1.807, 2.05) is 6.07 Å². The molecule has 0 bridgehead atoms. The summed E-state index contributed by atoms with van der Waals surface area (Å²) in [6.45, 7) is 0.530. The second kappa shape index (κ2) is 6.39. The Hall–Kier alpha value is -1.69. The first-order chi connectivity index (χ1) is 10.3. The Balaban J connectivity index is 1.61. The molecule has 1 atom stereocenters. The molecule has 0 radical (unpaired) electrons. The van der Waals surface area contributed by atoms with E-state index in [9.17, 15) is 9.59 Å². The minimum Gasteiger partial charge on any atom is -0.300 e. The number of aromatic amines is 1. The van der Waals surface area contributed by atoms with E-state index in [0.29, 0.717) is 6.54 Å². The molecule has 1 aromatic heterocycles. The first-order valence-electron chi connectivity index (χ1n) is 7.83. The van der Waals surface area contributed by atoms with E-state index in [1.54, 1.807) is 6.20 Å². The van der Waals surface area contributed by atoms with Gasteiger partial charge in [0.1, 0.15) is 0 Å². The van der Waals surface area contributed by atoms with Gasteiger partial charge in [0.2, 0.25) is 11.8 Å². The quantitative estimate of drug-likeness (QED) is 0.648. The van der Waals surface area contributed by atoms with Gasteiger partial charge in [-0.3, -0.25) is 24.9 Å². The number of carbonyl (C=O) groups excluding carboxylic acids is 2. The van der Waals surface area contributed by atoms with Crippen LogP contribution in [0.15, 0.2) is 12.3 Å². The Morgan fingerprint density at radius 3 is 2.67 bits per heavy atom. The van der Waals surface area contributed by atoms with Crippen molar-refractivity contribution in [2.45, 2.75) is 63.6 Å². The topological polar surface area (TPSA) is 78.1 Å². The molecule has 0 spiro atoms. The maximum atomic E-state index is 12.5. The maximum absolute atomic E-state index is 12.5. The molecule has 2 N–H and O–H groups in total. The predicted octanol–water partition coefficient (Wildman–Crippen LogP) is 1.35. The molecular formula is C15H22N4O2. The fraction of sp³-hybridized carbons (Fsp3) is 0.667. The molecule has 1 aliphatic heterocycles. The zero-order chi connectivity index (χ0) is 14.7. The van der Waals surface area contributed by atoms with Crippen molar-refractivity contribution in [2.75, 3.05) is 0 Å². The molecule has 0 aromatic carbocycles. The number of imide groups is 1. The van der Waals surface area contributed by atoms with Crippen molar-refractivity contribution < 1.29 is 9.59 Å². The largest absolute Gasteiger partial charge is 0.300 e. The van der Waals surface area contributed by atoms with Gasteiger partial charge in [-0.25, -0.2) is 0 Å². The second-order valence-electron chi connectivity index (χ2n) is 5.97. The van der Waals surface area contributed by atoms with Crippen molar-refractivity contribution in [3.8, 4) is 0 Å². The van der Waals surface area contributed by atoms with Crippen LogP contribution in [0.5, 0.6) is 0 Å². The first kappa shape index (κ1) is 14.3. The fourth-order valence-electron chi connectivity index (χ4n) is 3.33. The number of aromatic nitrogens is 2. The number of amides is 2. The molecule has 1 aliphatic carbocycles. The minimum absolute atomic E-state index is 0.0194. The summed E-state index contributed by atoms with van der Waals surface area (Å²) in [5, 5.41) is 9.89. The highest BCUT2D eigenvalue weighted by Gasteiger charge is 2.41. The number of rotatable bonds is 4. The average Bonchev–Trinajstić information content (AvgIpc) is 2.98. The van der Waals surface area contributed by atoms with Crippen LogP contribution in [0.4, 0.5) is 0 Å². The van der Waals surface area contributed by atoms with Gasteiger partial charge in [-0.2, -0.15) is 5.10 Å². The number of nitrogens with one attached hydrogen (secondary N) is 2. The van der Waals surface area contributed by atoms with Gasteiger partial charge in [-0.15, -0.1) is 0 Å². The summed E-state index contributed by atoms with van der Waals surface area (Å²) in [6, 6.07) is 1.59. The fourth-order valence-corrected chi connectivity index (χ4v) is 3.33. The van der Waals surface area contributed by atoms with E-state index < -0.39 is 0 Å². The summed E-state index contributed by atoms with van der Waals surface area (Å²) in [6.07, 6.45) is 8.56. The molecule has 2 aliphatic rings. The molecule has 21 heavy (non-hydrogen) atoms. The van der Waals surface area contributed by atoms with Crippen LogP contribution in [-0.4, -0.2) is 39.0 Å². The summed E-state index contributed by atoms with van der Waals surface area (Å²) >= 11 is 0. The average molecular weight is 290 g/mol. The SMILES string of the molecule is O=C1CC(NCc2ccn[nH]2)C(=O)N1C1CCCCCC1. The Labute approximate surface area is 124 Å². The Bertz CT molecular complexity index is 492. The van der Waals surface area contributed by atoms with Crippen LogP contribution in [0, 0.1) is 0 Å². The molecule has 1 saturated heterocycles. The molecule has 2 fully saturated rings. The monoisotopic (exact) mass is 290 g/mol. The Morgan fingerprint density at radius 1 is 1.24 bits per heavy atom. The smallest absolute Gasteiger partial charge is 0.247 e. The highest BCUT2D eigenvalue weighted by Crippen LogP contribution is 2.26. The minimum atomic E-state index is -0.385. The number of hydrogen-bond donors (Lipinski definition) is 2. The second-order valence-corrected chi connectivity index (χ2v) is 5.97. The van der Waals surface area contributed by atoms with E-state index in [-0.39, 0.29) is 30.3 Å². The van der Waals surface area contributed by atoms with E-state index in [1.165, 1.54) is 17.7 Å². The molecule has 1 aromatic rings. The molecule has 3 rings (SSSR count). The predicted molar refractivity (Wildman–Crippen MR) is 77.2 cm³/mol. The van der Waals surface area contributed by atoms with Crippen molar-refractivity contribution in [3.05, 3.63) is 18.0 Å². The summed E-state index contributed by atoms with van der Waals surface area (Å²) in [7, 11) is 0. The van der Waals surface area contributed by atoms with Gasteiger partial charge in [0.15, 0.2) is 0 Å². The highest BCUT2D eigenvalue weighted by atomic mass is 16.2. The van der Waals surface area contributed by atoms with Crippen molar-refractivity contribution in [2.24, 2.45) is 0 Å². The standard InChI is InChI=1S/C15H22N4O2/c20-14-9-13(16-10-11-7-8-17-18-11)15(21)19(14)12-5-3-1-2-4-6-12/h7-8,12-13,16H,1-6,9-10H2,(H,17,18). The van der Waals surface area contributed by atoms with Crippen LogP contribution in [0.3, 0.4) is 0 Å². The zero-order valence-corrected chi connectivity index (χ0v) is 12.2. The highest BCUT2D eigenvalue weighted by molar-refractivity contribution is 6.05. The lowest BCUT2D eigenvalue weighted by Gasteiger charge is -2.25. The lowest BCUT2D eigenvalue weighted by molar-refractivity contribution is -0.141. The van der Waals surface area contributed by atoms with Crippen LogP contribution in [0.1, 0.15) is 50.6 Å². The van der Waals surface area contributed by atoms with Crippen LogP contribution < -0.4 is 5.32 Å². The third kappa shape index (κ3) is 3.15. The van der Waals surface area contributed by atoms with Gasteiger partial charge >= 0.3 is 0 Å². The van der Waals surface area contributed by atoms with Gasteiger partial charge < -0.3 is 0 Å². The summed E-state index contributed by atoms with van der Waals surface area (Å²) in [5.41, 5.74) is 0.920. The Morgan fingerprint density at radius 2 is 2.00 bits per heavy atom. The summed E-state index contributed by atoms with van der Waals surface area (Å²) < 4.78 is 0. The number of likely N-dealkylation sites (tertiary alicyclic amines) is 1. The van der Waals surface area contributed by atoms with Crippen LogP contribution in [0.2, 0.25) is 0 Å². The van der Waals surface area contributed by atoms with Crippen LogP contribution >= 0.6 is 0 Å². The number of hydrogen-bond acceptors (Lipinski definition) is 4. The molecule has 2 heterocycles. The third-order valence-electron chi connectivity index (χ3n) is 4.47. The van der Waals surface area contributed by atoms with E-state index >= 15 is 0 Å². The molecule has 6 nitrogen and oxygen atoms in total. The molecular weight excluding hydrogens is 268 g/mol. The number of nitrogens with zero attached hydrogens (tertiary/aromatic N) is 2. The molecule has 1 saturated carbocycles. The third-order valence-corrected chi connectivity index (χ3v) is 4.47. The molecule has 1 unspecified atom stereocenters. The summed E-state index contributed by atoms with van der Waals surface area (Å²) in [4.78, 5) is 26.3. The van der Waals surface area contributed by atoms with Crippen molar-refractivity contribution >= 4 is 11.8 Å². The van der Waals surface area contributed by atoms with Gasteiger partial charge in [0, 0.05) is 24.5 Å². The van der Waals surface area contributed by atoms with E-state index in [0.717, 1.165) is 31.4 Å². The molecule has 114 valence electrons. The van der Waals surface area contributed by atoms with Gasteiger partial charge in [-0.1, -0.05) is 25.7 Å². The number of H-pyrrole nitrogens is 1. The normalized spacial score (nSPS) is 24.6. The zero-order valence-electron chi connectivity index (χ0n) is 12.2. The van der Waals surface area contributed by atoms with E-state index in [2.05, 4.69) is 15.5 Å². The van der Waals surface area contributed by atoms with Gasteiger partial charge in [-0.05, 0) is 18.9 Å². The lowest BCUT2D eigenvalue weighted by Crippen LogP contribution is -2.43. The van der Waals surface area contributed by atoms with Gasteiger partial charge in [0.05, 0.1) is 12.5 Å². The maximum Gasteiger partial charge on any atom is 0.247 e. The van der Waals surface area contributed by atoms with Crippen molar-refractivity contribution in [3.63, 3.8) is 0 Å². The lowest BCUT2D eigenvalue weighted by atomic mass is 10.1. The number of carbonyl (C=O) groups is 2. The van der Waals surface area contributed by atoms with E-state index in [4.69, 9.17) is 0 Å². The summed E-state index contributed by atoms with van der Waals surface area (Å²) in [5.74, 6) is -0.0690. The Kier molecular flexibility index (Phi) is 4.34. The van der Waals surface area contributed by atoms with Crippen LogP contribution in [-0.2, 0) is 16.1 Å². The molecule has 6 heteroatoms. The van der Waals surface area contributed by atoms with Gasteiger partial charge in [0.25, 0.3) is 0 Å². The van der Waals surface area contributed by atoms with Crippen molar-refractivity contribution in [1.29, 1.82) is 0 Å². The van der Waals surface area contributed by atoms with Crippen LogP contribution in [0.25, 0.3) is 0 Å². The first-order valence-corrected chi connectivity index (χ1v) is 7.83.